The first-order valence-electron chi connectivity index (χ1n) is 7.32. The molecule has 0 aliphatic heterocycles. The van der Waals surface area contributed by atoms with Crippen LogP contribution in [-0.2, 0) is 0 Å². The highest BCUT2D eigenvalue weighted by molar-refractivity contribution is 6.05. The number of nitrogens with one attached hydrogen (secondary N) is 1. The van der Waals surface area contributed by atoms with Crippen molar-refractivity contribution in [3.63, 3.8) is 0 Å². The number of nitrogens with two attached hydrogens (primary N) is 1. The first-order valence-corrected chi connectivity index (χ1v) is 7.32. The molecule has 3 N–H and O–H groups in total. The van der Waals surface area contributed by atoms with Gasteiger partial charge in [-0.15, -0.1) is 0 Å². The van der Waals surface area contributed by atoms with Crippen molar-refractivity contribution in [1.29, 1.82) is 0 Å². The molecule has 0 bridgehead atoms. The number of nitrogens with zero attached hydrogens (tertiary/aromatic N) is 2. The Morgan fingerprint density at radius 3 is 2.56 bits per heavy atom. The molecule has 0 unspecified atom stereocenters. The molecule has 0 saturated carbocycles. The monoisotopic (exact) mass is 338 g/mol. The molecule has 0 spiro atoms. The fourth-order valence-corrected chi connectivity index (χ4v) is 2.27. The van der Waals surface area contributed by atoms with Gasteiger partial charge in [0.15, 0.2) is 5.89 Å². The Hall–Kier alpha value is -3.68. The average molecular weight is 338 g/mol. The van der Waals surface area contributed by atoms with E-state index in [-0.39, 0.29) is 16.9 Å². The molecular formula is C17H14N4O4. The van der Waals surface area contributed by atoms with Crippen LogP contribution in [0, 0.1) is 17.0 Å². The summed E-state index contributed by atoms with van der Waals surface area (Å²) in [7, 11) is 0. The van der Waals surface area contributed by atoms with Crippen LogP contribution in [0.4, 0.5) is 17.1 Å². The van der Waals surface area contributed by atoms with Gasteiger partial charge in [-0.2, -0.15) is 0 Å². The number of carbonyl (C=O) groups is 1. The van der Waals surface area contributed by atoms with Gasteiger partial charge in [-0.25, -0.2) is 4.98 Å². The minimum Gasteiger partial charge on any atom is -0.449 e. The standard InChI is InChI=1S/C17H14N4O4/c1-10-19-15(9-25-10)11-2-5-13(6-3-11)20-17(22)12-4-7-14(18)16(8-12)21(23)24/h2-9H,18H2,1H3,(H,20,22). The second-order valence-electron chi connectivity index (χ2n) is 5.31. The third-order valence-corrected chi connectivity index (χ3v) is 3.55. The van der Waals surface area contributed by atoms with Gasteiger partial charge >= 0.3 is 0 Å². The molecule has 3 aromatic rings. The van der Waals surface area contributed by atoms with Gasteiger partial charge in [-0.1, -0.05) is 12.1 Å². The lowest BCUT2D eigenvalue weighted by Crippen LogP contribution is -2.12. The summed E-state index contributed by atoms with van der Waals surface area (Å²) in [5, 5.41) is 13.6. The smallest absolute Gasteiger partial charge is 0.292 e. The lowest BCUT2D eigenvalue weighted by molar-refractivity contribution is -0.383. The highest BCUT2D eigenvalue weighted by Gasteiger charge is 2.16. The number of hydrogen-bond acceptors (Lipinski definition) is 6. The van der Waals surface area contributed by atoms with E-state index in [1.807, 2.05) is 0 Å². The number of benzene rings is 2. The zero-order valence-electron chi connectivity index (χ0n) is 13.2. The summed E-state index contributed by atoms with van der Waals surface area (Å²) in [4.78, 5) is 26.8. The molecule has 0 fully saturated rings. The van der Waals surface area contributed by atoms with Gasteiger partial charge in [-0.3, -0.25) is 14.9 Å². The Morgan fingerprint density at radius 2 is 1.96 bits per heavy atom. The van der Waals surface area contributed by atoms with Gasteiger partial charge in [0.2, 0.25) is 0 Å². The van der Waals surface area contributed by atoms with Gasteiger partial charge < -0.3 is 15.5 Å². The van der Waals surface area contributed by atoms with Gasteiger partial charge in [0.25, 0.3) is 11.6 Å². The molecule has 8 nitrogen and oxygen atoms in total. The van der Waals surface area contributed by atoms with Crippen LogP contribution >= 0.6 is 0 Å². The van der Waals surface area contributed by atoms with E-state index >= 15 is 0 Å². The van der Waals surface area contributed by atoms with Crippen molar-refractivity contribution < 1.29 is 14.1 Å². The van der Waals surface area contributed by atoms with Crippen LogP contribution < -0.4 is 11.1 Å². The molecule has 1 heterocycles. The van der Waals surface area contributed by atoms with E-state index in [1.165, 1.54) is 12.1 Å². The van der Waals surface area contributed by atoms with Gasteiger partial charge in [0.1, 0.15) is 17.6 Å². The molecule has 0 radical (unpaired) electrons. The molecule has 8 heteroatoms. The molecule has 25 heavy (non-hydrogen) atoms. The molecule has 1 amide bonds. The second-order valence-corrected chi connectivity index (χ2v) is 5.31. The second kappa shape index (κ2) is 6.44. The van der Waals surface area contributed by atoms with E-state index in [4.69, 9.17) is 10.2 Å². The molecule has 0 atom stereocenters. The Labute approximate surface area is 142 Å². The zero-order chi connectivity index (χ0) is 18.0. The minimum atomic E-state index is -0.624. The maximum absolute atomic E-state index is 12.3. The van der Waals surface area contributed by atoms with Crippen LogP contribution in [0.15, 0.2) is 53.1 Å². The quantitative estimate of drug-likeness (QED) is 0.427. The predicted molar refractivity (Wildman–Crippen MR) is 92.1 cm³/mol. The van der Waals surface area contributed by atoms with Crippen LogP contribution in [0.5, 0.6) is 0 Å². The number of nitro groups is 1. The van der Waals surface area contributed by atoms with Crippen molar-refractivity contribution in [3.8, 4) is 11.3 Å². The number of aryl methyl sites for hydroxylation is 1. The number of oxazole rings is 1. The molecule has 0 saturated heterocycles. The fourth-order valence-electron chi connectivity index (χ4n) is 2.27. The van der Waals surface area contributed by atoms with E-state index < -0.39 is 10.8 Å². The molecule has 0 aliphatic carbocycles. The van der Waals surface area contributed by atoms with Crippen LogP contribution in [-0.4, -0.2) is 15.8 Å². The molecular weight excluding hydrogens is 324 g/mol. The summed E-state index contributed by atoms with van der Waals surface area (Å²) in [5.41, 5.74) is 7.48. The Bertz CT molecular complexity index is 948. The summed E-state index contributed by atoms with van der Waals surface area (Å²) in [5.74, 6) is 0.102. The van der Waals surface area contributed by atoms with E-state index in [0.717, 1.165) is 11.6 Å². The van der Waals surface area contributed by atoms with Gasteiger partial charge in [0.05, 0.1) is 4.92 Å². The van der Waals surface area contributed by atoms with E-state index in [9.17, 15) is 14.9 Å². The van der Waals surface area contributed by atoms with E-state index in [1.54, 1.807) is 37.5 Å². The summed E-state index contributed by atoms with van der Waals surface area (Å²) in [6, 6.07) is 10.9. The highest BCUT2D eigenvalue weighted by Crippen LogP contribution is 2.24. The number of nitro benzene ring substituents is 1. The summed E-state index contributed by atoms with van der Waals surface area (Å²) in [6.45, 7) is 1.75. The van der Waals surface area contributed by atoms with E-state index in [2.05, 4.69) is 10.3 Å². The predicted octanol–water partition coefficient (Wildman–Crippen LogP) is 3.39. The maximum Gasteiger partial charge on any atom is 0.292 e. The number of anilines is 2. The number of aromatic nitrogens is 1. The lowest BCUT2D eigenvalue weighted by atomic mass is 10.1. The van der Waals surface area contributed by atoms with Crippen LogP contribution in [0.1, 0.15) is 16.2 Å². The largest absolute Gasteiger partial charge is 0.449 e. The summed E-state index contributed by atoms with van der Waals surface area (Å²) >= 11 is 0. The number of nitrogen functional groups attached to an aromatic ring is 1. The van der Waals surface area contributed by atoms with Crippen LogP contribution in [0.3, 0.4) is 0 Å². The van der Waals surface area contributed by atoms with Gasteiger partial charge in [0, 0.05) is 29.8 Å². The Balaban J connectivity index is 1.77. The SMILES string of the molecule is Cc1nc(-c2ccc(NC(=O)c3ccc(N)c([N+](=O)[O-])c3)cc2)co1. The number of amides is 1. The summed E-state index contributed by atoms with van der Waals surface area (Å²) < 4.78 is 5.17. The molecule has 1 aromatic heterocycles. The van der Waals surface area contributed by atoms with Crippen molar-refractivity contribution >= 4 is 23.0 Å². The minimum absolute atomic E-state index is 0.00816. The van der Waals surface area contributed by atoms with Crippen molar-refractivity contribution in [3.05, 3.63) is 70.3 Å². The van der Waals surface area contributed by atoms with Crippen molar-refractivity contribution in [1.82, 2.24) is 4.98 Å². The Kier molecular flexibility index (Phi) is 4.17. The molecule has 126 valence electrons. The molecule has 0 aliphatic rings. The average Bonchev–Trinajstić information content (AvgIpc) is 3.02. The normalized spacial score (nSPS) is 10.4. The number of carbonyl (C=O) groups excluding carboxylic acids is 1. The fraction of sp³-hybridized carbons (Fsp3) is 0.0588. The summed E-state index contributed by atoms with van der Waals surface area (Å²) in [6.07, 6.45) is 1.55. The first kappa shape index (κ1) is 16.2. The third kappa shape index (κ3) is 3.47. The highest BCUT2D eigenvalue weighted by atomic mass is 16.6. The van der Waals surface area contributed by atoms with E-state index in [0.29, 0.717) is 17.3 Å². The molecule has 3 rings (SSSR count). The van der Waals surface area contributed by atoms with Gasteiger partial charge in [-0.05, 0) is 24.3 Å². The lowest BCUT2D eigenvalue weighted by Gasteiger charge is -2.06. The van der Waals surface area contributed by atoms with Crippen molar-refractivity contribution in [2.75, 3.05) is 11.1 Å². The third-order valence-electron chi connectivity index (χ3n) is 3.55. The van der Waals surface area contributed by atoms with Crippen molar-refractivity contribution in [2.45, 2.75) is 6.92 Å². The maximum atomic E-state index is 12.3. The Morgan fingerprint density at radius 1 is 1.24 bits per heavy atom. The zero-order valence-corrected chi connectivity index (χ0v) is 13.2. The number of hydrogen-bond donors (Lipinski definition) is 2. The topological polar surface area (TPSA) is 124 Å². The van der Waals surface area contributed by atoms with Crippen molar-refractivity contribution in [2.24, 2.45) is 0 Å². The van der Waals surface area contributed by atoms with Crippen LogP contribution in [0.2, 0.25) is 0 Å². The molecule has 2 aromatic carbocycles. The first-order chi connectivity index (χ1) is 11.9. The number of rotatable bonds is 4. The van der Waals surface area contributed by atoms with Crippen LogP contribution in [0.25, 0.3) is 11.3 Å².